The molecule has 4 unspecified atom stereocenters. The number of nitrogens with one attached hydrogen (secondary N) is 2. The van der Waals surface area contributed by atoms with Crippen molar-refractivity contribution in [2.24, 2.45) is 0 Å². The van der Waals surface area contributed by atoms with E-state index in [1.807, 2.05) is 0 Å². The van der Waals surface area contributed by atoms with Crippen LogP contribution in [0.3, 0.4) is 0 Å². The van der Waals surface area contributed by atoms with E-state index in [0.717, 1.165) is 199 Å². The number of phosphoric acid groups is 1. The van der Waals surface area contributed by atoms with Gasteiger partial charge in [-0.3, -0.25) is 33.3 Å². The van der Waals surface area contributed by atoms with Crippen LogP contribution in [0.2, 0.25) is 0 Å². The summed E-state index contributed by atoms with van der Waals surface area (Å²) in [4.78, 5) is 107. The summed E-state index contributed by atoms with van der Waals surface area (Å²) >= 11 is 0. The number of unbranched alkanes of at least 4 members (excludes halogenated alkanes) is 52. The highest BCUT2D eigenvalue weighted by Crippen LogP contribution is 2.43. The predicted molar refractivity (Wildman–Crippen MR) is 479 cm³/mol. The largest absolute Gasteiger partial charge is 0.470 e. The van der Waals surface area contributed by atoms with E-state index in [9.17, 15) is 63.9 Å². The van der Waals surface area contributed by atoms with Gasteiger partial charge < -0.3 is 79.1 Å². The Kier molecular flexibility index (Phi) is 72.0. The number of amides is 2. The number of esters is 4. The molecule has 0 radical (unpaired) electrons. The van der Waals surface area contributed by atoms with Crippen molar-refractivity contribution in [1.29, 1.82) is 0 Å². The van der Waals surface area contributed by atoms with Crippen molar-refractivity contribution in [2.45, 2.75) is 564 Å². The predicted octanol–water partition coefficient (Wildman–Crippen LogP) is 21.3. The van der Waals surface area contributed by atoms with Gasteiger partial charge >= 0.3 is 31.7 Å². The van der Waals surface area contributed by atoms with E-state index < -0.39 is 168 Å². The first kappa shape index (κ1) is 114. The molecule has 2 aliphatic heterocycles. The van der Waals surface area contributed by atoms with Gasteiger partial charge in [0.1, 0.15) is 48.7 Å². The van der Waals surface area contributed by atoms with Crippen LogP contribution >= 0.6 is 7.82 Å². The molecular weight excluding hydrogens is 1560 g/mol. The molecule has 121 heavy (non-hydrogen) atoms. The fourth-order valence-corrected chi connectivity index (χ4v) is 17.3. The van der Waals surface area contributed by atoms with E-state index >= 15 is 4.79 Å². The number of aliphatic hydroxyl groups is 5. The molecule has 9 N–H and O–H groups in total. The minimum Gasteiger partial charge on any atom is -0.462 e. The zero-order valence-corrected chi connectivity index (χ0v) is 78.2. The first-order valence-corrected chi connectivity index (χ1v) is 51.5. The molecule has 0 aromatic carbocycles. The molecule has 0 spiro atoms. The van der Waals surface area contributed by atoms with E-state index in [2.05, 4.69) is 52.2 Å². The van der Waals surface area contributed by atoms with Crippen LogP contribution in [0.4, 0.5) is 0 Å². The molecule has 0 saturated carbocycles. The summed E-state index contributed by atoms with van der Waals surface area (Å²) in [5.41, 5.74) is 0. The lowest BCUT2D eigenvalue weighted by atomic mass is 9.95. The first-order valence-electron chi connectivity index (χ1n) is 50.0. The first-order chi connectivity index (χ1) is 58.6. The topological polar surface area (TPSA) is 359 Å². The Hall–Kier alpha value is -3.39. The Morgan fingerprint density at radius 1 is 0.347 bits per heavy atom. The van der Waals surface area contributed by atoms with Crippen LogP contribution < -0.4 is 10.6 Å². The minimum atomic E-state index is -5.62. The van der Waals surface area contributed by atoms with E-state index in [0.29, 0.717) is 51.4 Å². The van der Waals surface area contributed by atoms with Gasteiger partial charge in [0.05, 0.1) is 51.1 Å². The molecule has 24 nitrogen and oxygen atoms in total. The fraction of sp³-hybridized carbons (Fsp3) is 0.938. The van der Waals surface area contributed by atoms with E-state index in [1.165, 1.54) is 135 Å². The summed E-state index contributed by atoms with van der Waals surface area (Å²) in [7, 11) is -5.62. The Morgan fingerprint density at radius 3 is 1.02 bits per heavy atom. The molecule has 0 aromatic rings. The second kappa shape index (κ2) is 76.6. The van der Waals surface area contributed by atoms with Gasteiger partial charge in [-0.15, -0.1) is 0 Å². The second-order valence-electron chi connectivity index (χ2n) is 35.7. The molecule has 2 fully saturated rings. The normalized spacial score (nSPS) is 20.4. The van der Waals surface area contributed by atoms with Gasteiger partial charge in [-0.2, -0.15) is 0 Å². The van der Waals surface area contributed by atoms with E-state index in [4.69, 9.17) is 37.7 Å². The Labute approximate surface area is 733 Å². The Balaban J connectivity index is 2.73. The monoisotopic (exact) mass is 1750 g/mol. The molecule has 0 aliphatic carbocycles. The molecule has 25 heteroatoms. The lowest BCUT2D eigenvalue weighted by Crippen LogP contribution is -2.68. The third kappa shape index (κ3) is 60.9. The molecule has 712 valence electrons. The zero-order valence-electron chi connectivity index (χ0n) is 77.3. The number of phosphoric ester groups is 1. The van der Waals surface area contributed by atoms with Gasteiger partial charge in [0.2, 0.25) is 11.8 Å². The quantitative estimate of drug-likeness (QED) is 0.0118. The molecular formula is C96H181N2O22P. The smallest absolute Gasteiger partial charge is 0.462 e. The van der Waals surface area contributed by atoms with Gasteiger partial charge in [0.15, 0.2) is 24.8 Å². The molecule has 2 aliphatic rings. The lowest BCUT2D eigenvalue weighted by molar-refractivity contribution is -0.298. The highest BCUT2D eigenvalue weighted by Gasteiger charge is 2.54. The van der Waals surface area contributed by atoms with Crippen LogP contribution in [0.15, 0.2) is 0 Å². The lowest BCUT2D eigenvalue weighted by Gasteiger charge is -2.46. The van der Waals surface area contributed by atoms with Gasteiger partial charge in [-0.05, 0) is 51.4 Å². The maximum Gasteiger partial charge on any atom is 0.470 e. The molecule has 14 atom stereocenters. The molecule has 2 amide bonds. The average Bonchev–Trinajstić information content (AvgIpc) is 0.785. The van der Waals surface area contributed by atoms with Crippen molar-refractivity contribution in [2.75, 3.05) is 13.2 Å². The van der Waals surface area contributed by atoms with Gasteiger partial charge in [-0.25, -0.2) is 4.57 Å². The number of rotatable bonds is 84. The summed E-state index contributed by atoms with van der Waals surface area (Å²) in [6.45, 7) is 11.3. The molecule has 2 saturated heterocycles. The van der Waals surface area contributed by atoms with Crippen molar-refractivity contribution >= 4 is 43.5 Å². The van der Waals surface area contributed by atoms with Crippen molar-refractivity contribution in [1.82, 2.24) is 10.6 Å². The Morgan fingerprint density at radius 2 is 0.653 bits per heavy atom. The number of hydrogen-bond donors (Lipinski definition) is 9. The average molecular weight is 1750 g/mol. The maximum atomic E-state index is 15.1. The maximum absolute atomic E-state index is 15.1. The zero-order chi connectivity index (χ0) is 88.6. The van der Waals surface area contributed by atoms with Crippen LogP contribution in [0, 0.1) is 0 Å². The number of hydrogen-bond acceptors (Lipinski definition) is 20. The van der Waals surface area contributed by atoms with Crippen LogP contribution in [0.25, 0.3) is 0 Å². The van der Waals surface area contributed by atoms with Gasteiger partial charge in [0, 0.05) is 12.8 Å². The summed E-state index contributed by atoms with van der Waals surface area (Å²) in [5.74, 6) is -4.55. The van der Waals surface area contributed by atoms with Crippen molar-refractivity contribution < 1.29 is 106 Å². The standard InChI is InChI=1S/C96H181N2O22P/c1-7-13-19-25-31-37-39-45-51-57-63-69-85(104)114-79(67-61-55-49-43-35-29-23-17-11-5)73-84(103)98-90-94(119-88(107)74-80(68-62-56-50-44-36-30-24-18-12-6)115-86(105)70-64-58-52-46-40-38-32-26-20-14-8-2)92(120-121(110,111)112)81(75-99)117-96(90)113-76-82-91(108)93(118-87(106)72-78(101)66-60-54-48-42-34-28-22-16-10-4)89(95(109)116-82)97-83(102)71-77(100)65-59-53-47-41-33-27-21-15-9-3/h77-82,89-96,99-101,108-109H,7-76H2,1-6H3,(H,97,102)(H,98,103)(H2,110,111,112)/t77-,78-,79-,80+,81?,82?,89+,90+,91-,92-,93?,94?,95+,96-/m1/s1. The van der Waals surface area contributed by atoms with Crippen LogP contribution in [0.5, 0.6) is 0 Å². The van der Waals surface area contributed by atoms with Crippen LogP contribution in [0.1, 0.15) is 478 Å². The van der Waals surface area contributed by atoms with Crippen LogP contribution in [-0.4, -0.2) is 170 Å². The number of carbonyl (C=O) groups is 6. The summed E-state index contributed by atoms with van der Waals surface area (Å²) in [6, 6.07) is -3.47. The Bertz CT molecular complexity index is 2550. The summed E-state index contributed by atoms with van der Waals surface area (Å²) in [5, 5.41) is 63.3. The highest BCUT2D eigenvalue weighted by atomic mass is 31.2. The molecule has 0 aromatic heterocycles. The van der Waals surface area contributed by atoms with Gasteiger partial charge in [-0.1, -0.05) is 388 Å². The van der Waals surface area contributed by atoms with Crippen molar-refractivity contribution in [3.8, 4) is 0 Å². The van der Waals surface area contributed by atoms with E-state index in [-0.39, 0.29) is 25.7 Å². The van der Waals surface area contributed by atoms with Crippen molar-refractivity contribution in [3.63, 3.8) is 0 Å². The minimum absolute atomic E-state index is 0.111. The number of ether oxygens (including phenoxy) is 7. The van der Waals surface area contributed by atoms with Crippen LogP contribution in [-0.2, 0) is 71.0 Å². The number of carbonyl (C=O) groups excluding carboxylic acids is 6. The summed E-state index contributed by atoms with van der Waals surface area (Å²) < 4.78 is 61.9. The molecule has 2 heterocycles. The summed E-state index contributed by atoms with van der Waals surface area (Å²) in [6.07, 6.45) is 40.7. The second-order valence-corrected chi connectivity index (χ2v) is 36.8. The fourth-order valence-electron chi connectivity index (χ4n) is 16.7. The third-order valence-electron chi connectivity index (χ3n) is 24.1. The molecule has 2 rings (SSSR count). The number of aliphatic hydroxyl groups excluding tert-OH is 5. The molecule has 0 bridgehead atoms. The highest BCUT2D eigenvalue weighted by molar-refractivity contribution is 7.46. The third-order valence-corrected chi connectivity index (χ3v) is 24.6. The van der Waals surface area contributed by atoms with E-state index in [1.54, 1.807) is 0 Å². The van der Waals surface area contributed by atoms with Crippen molar-refractivity contribution in [3.05, 3.63) is 0 Å². The van der Waals surface area contributed by atoms with Gasteiger partial charge in [0.25, 0.3) is 0 Å². The SMILES string of the molecule is CCCCCCCCCCCCCC(=O)O[C@H](CCCCCCCCCCC)CC(=O)N[C@H]1C(OC(=O)C[C@H](CCCCCCCCCCC)OC(=O)CCCCCCCCCCCCC)[C@H](OP(=O)(O)O)C(CO)O[C@H]1OCC1O[C@H](O)[C@@H](NC(=O)C[C@H](O)CCCCCCCCCCC)C(OC(=O)C[C@H](O)CCCCCCCCCCC)[C@@H]1O.